The van der Waals surface area contributed by atoms with Crippen LogP contribution in [0.5, 0.6) is 0 Å². The summed E-state index contributed by atoms with van der Waals surface area (Å²) in [5, 5.41) is 3.03. The fourth-order valence-electron chi connectivity index (χ4n) is 3.61. The van der Waals surface area contributed by atoms with Gasteiger partial charge < -0.3 is 19.7 Å². The first-order valence-corrected chi connectivity index (χ1v) is 12.4. The number of unbranched alkanes of at least 4 members (excludes halogenated alkanes) is 2. The summed E-state index contributed by atoms with van der Waals surface area (Å²) in [4.78, 5) is 26.1. The molecule has 6 heteroatoms. The Hall–Kier alpha value is -2.86. The number of esters is 1. The van der Waals surface area contributed by atoms with Crippen molar-refractivity contribution in [3.05, 3.63) is 59.7 Å². The van der Waals surface area contributed by atoms with Crippen molar-refractivity contribution in [3.8, 4) is 0 Å². The Balaban J connectivity index is 1.65. The van der Waals surface area contributed by atoms with Crippen molar-refractivity contribution in [1.29, 1.82) is 0 Å². The fraction of sp³-hybridized carbons (Fsp3) is 0.500. The predicted molar refractivity (Wildman–Crippen MR) is 138 cm³/mol. The number of nitrogens with one attached hydrogen (secondary N) is 1. The topological polar surface area (TPSA) is 67.9 Å². The third kappa shape index (κ3) is 10.8. The van der Waals surface area contributed by atoms with Crippen molar-refractivity contribution in [2.75, 3.05) is 37.5 Å². The van der Waals surface area contributed by atoms with Crippen LogP contribution in [0, 0.1) is 0 Å². The van der Waals surface area contributed by atoms with E-state index in [1.54, 1.807) is 0 Å². The summed E-state index contributed by atoms with van der Waals surface area (Å²) in [7, 11) is 3.87. The van der Waals surface area contributed by atoms with Crippen LogP contribution in [0.1, 0.15) is 63.0 Å². The first-order valence-electron chi connectivity index (χ1n) is 12.4. The maximum Gasteiger partial charge on any atom is 0.306 e. The summed E-state index contributed by atoms with van der Waals surface area (Å²) in [5.74, 6) is -0.211. The molecule has 0 unspecified atom stereocenters. The van der Waals surface area contributed by atoms with Crippen LogP contribution in [0.2, 0.25) is 0 Å². The van der Waals surface area contributed by atoms with Gasteiger partial charge in [-0.25, -0.2) is 0 Å². The fourth-order valence-corrected chi connectivity index (χ4v) is 3.61. The number of amides is 1. The molecule has 2 aromatic rings. The maximum absolute atomic E-state index is 12.5. The van der Waals surface area contributed by atoms with Crippen LogP contribution in [-0.2, 0) is 32.1 Å². The summed E-state index contributed by atoms with van der Waals surface area (Å²) >= 11 is 0. The quantitative estimate of drug-likeness (QED) is 0.251. The van der Waals surface area contributed by atoms with E-state index in [4.69, 9.17) is 9.47 Å². The van der Waals surface area contributed by atoms with Crippen LogP contribution in [0.25, 0.3) is 0 Å². The number of hydrogen-bond acceptors (Lipinski definition) is 5. The Morgan fingerprint density at radius 3 is 2.38 bits per heavy atom. The number of nitrogens with zero attached hydrogens (tertiary/aromatic N) is 1. The van der Waals surface area contributed by atoms with Gasteiger partial charge in [0.15, 0.2) is 0 Å². The Kier molecular flexibility index (Phi) is 12.8. The lowest BCUT2D eigenvalue weighted by atomic mass is 10.1. The van der Waals surface area contributed by atoms with Gasteiger partial charge in [-0.05, 0) is 55.4 Å². The number of ether oxygens (including phenoxy) is 2. The second kappa shape index (κ2) is 15.9. The van der Waals surface area contributed by atoms with E-state index in [1.807, 2.05) is 50.2 Å². The molecule has 0 aromatic heterocycles. The third-order valence-electron chi connectivity index (χ3n) is 5.46. The molecule has 0 fully saturated rings. The van der Waals surface area contributed by atoms with Crippen LogP contribution in [0.15, 0.2) is 48.5 Å². The van der Waals surface area contributed by atoms with Gasteiger partial charge in [0.2, 0.25) is 5.91 Å². The van der Waals surface area contributed by atoms with Crippen molar-refractivity contribution >= 4 is 23.3 Å². The monoisotopic (exact) mass is 468 g/mol. The Bertz CT molecular complexity index is 868. The minimum Gasteiger partial charge on any atom is -0.461 e. The minimum absolute atomic E-state index is 0.00740. The second-order valence-corrected chi connectivity index (χ2v) is 8.72. The molecule has 0 aliphatic carbocycles. The van der Waals surface area contributed by atoms with E-state index in [0.717, 1.165) is 68.7 Å². The van der Waals surface area contributed by atoms with Crippen molar-refractivity contribution in [2.45, 2.75) is 64.9 Å². The molecule has 1 amide bonds. The molecule has 0 aliphatic heterocycles. The van der Waals surface area contributed by atoms with Crippen LogP contribution < -0.4 is 10.2 Å². The smallest absolute Gasteiger partial charge is 0.306 e. The van der Waals surface area contributed by atoms with E-state index in [1.165, 1.54) is 5.56 Å². The van der Waals surface area contributed by atoms with E-state index in [2.05, 4.69) is 29.6 Å². The number of anilines is 2. The molecule has 0 saturated heterocycles. The van der Waals surface area contributed by atoms with Crippen molar-refractivity contribution in [1.82, 2.24) is 0 Å². The highest BCUT2D eigenvalue weighted by Crippen LogP contribution is 2.26. The molecule has 0 radical (unpaired) electrons. The molecule has 1 N–H and O–H groups in total. The molecule has 0 saturated carbocycles. The lowest BCUT2D eigenvalue weighted by Crippen LogP contribution is -2.17. The van der Waals surface area contributed by atoms with E-state index < -0.39 is 0 Å². The molecule has 2 rings (SSSR count). The molecule has 6 nitrogen and oxygen atoms in total. The SMILES string of the molecule is CCCC(=O)OCc1ccc(N(C)C)c(NC(=O)CCCCCOCCCc2ccccc2)c1. The summed E-state index contributed by atoms with van der Waals surface area (Å²) in [6, 6.07) is 16.2. The Morgan fingerprint density at radius 2 is 1.65 bits per heavy atom. The standard InChI is InChI=1S/C28H40N2O4/c1-4-12-28(32)34-22-24-17-18-26(30(2)3)25(21-24)29-27(31)16-9-6-10-19-33-20-11-15-23-13-7-5-8-14-23/h5,7-8,13-14,17-18,21H,4,6,9-12,15-16,19-20,22H2,1-3H3,(H,29,31). The summed E-state index contributed by atoms with van der Waals surface area (Å²) in [6.45, 7) is 3.66. The highest BCUT2D eigenvalue weighted by Gasteiger charge is 2.11. The zero-order valence-electron chi connectivity index (χ0n) is 21.0. The van der Waals surface area contributed by atoms with E-state index in [9.17, 15) is 9.59 Å². The zero-order valence-corrected chi connectivity index (χ0v) is 21.0. The maximum atomic E-state index is 12.5. The van der Waals surface area contributed by atoms with Gasteiger partial charge in [-0.2, -0.15) is 0 Å². The summed E-state index contributed by atoms with van der Waals surface area (Å²) in [6.07, 6.45) is 6.45. The molecule has 2 aromatic carbocycles. The van der Waals surface area contributed by atoms with Crippen LogP contribution in [0.4, 0.5) is 11.4 Å². The predicted octanol–water partition coefficient (Wildman–Crippen LogP) is 5.74. The van der Waals surface area contributed by atoms with Gasteiger partial charge in [0.25, 0.3) is 0 Å². The molecule has 34 heavy (non-hydrogen) atoms. The number of rotatable bonds is 16. The molecule has 0 heterocycles. The second-order valence-electron chi connectivity index (χ2n) is 8.72. The van der Waals surface area contributed by atoms with Gasteiger partial charge >= 0.3 is 5.97 Å². The molecule has 0 spiro atoms. The average molecular weight is 469 g/mol. The van der Waals surface area contributed by atoms with Crippen molar-refractivity contribution in [2.24, 2.45) is 0 Å². The average Bonchev–Trinajstić information content (AvgIpc) is 2.82. The Labute approximate surface area is 204 Å². The third-order valence-corrected chi connectivity index (χ3v) is 5.46. The van der Waals surface area contributed by atoms with E-state index in [0.29, 0.717) is 12.8 Å². The highest BCUT2D eigenvalue weighted by molar-refractivity contribution is 5.94. The number of carbonyl (C=O) groups is 2. The summed E-state index contributed by atoms with van der Waals surface area (Å²) < 4.78 is 11.0. The summed E-state index contributed by atoms with van der Waals surface area (Å²) in [5.41, 5.74) is 3.86. The van der Waals surface area contributed by atoms with E-state index in [-0.39, 0.29) is 18.5 Å². The number of carbonyl (C=O) groups excluding carboxylic acids is 2. The first-order chi connectivity index (χ1) is 16.5. The lowest BCUT2D eigenvalue weighted by molar-refractivity contribution is -0.145. The molecule has 0 atom stereocenters. The molecule has 0 aliphatic rings. The van der Waals surface area contributed by atoms with Gasteiger partial charge in [0.1, 0.15) is 6.61 Å². The van der Waals surface area contributed by atoms with Gasteiger partial charge in [-0.1, -0.05) is 49.7 Å². The first kappa shape index (κ1) is 27.4. The van der Waals surface area contributed by atoms with Crippen molar-refractivity contribution in [3.63, 3.8) is 0 Å². The minimum atomic E-state index is -0.204. The van der Waals surface area contributed by atoms with Crippen LogP contribution in [-0.4, -0.2) is 39.2 Å². The molecular formula is C28H40N2O4. The highest BCUT2D eigenvalue weighted by atomic mass is 16.5. The van der Waals surface area contributed by atoms with Crippen LogP contribution >= 0.6 is 0 Å². The van der Waals surface area contributed by atoms with E-state index >= 15 is 0 Å². The van der Waals surface area contributed by atoms with Gasteiger partial charge in [0, 0.05) is 40.2 Å². The number of aryl methyl sites for hydroxylation is 1. The molecular weight excluding hydrogens is 428 g/mol. The normalized spacial score (nSPS) is 10.7. The molecule has 186 valence electrons. The number of benzene rings is 2. The van der Waals surface area contributed by atoms with Crippen LogP contribution in [0.3, 0.4) is 0 Å². The Morgan fingerprint density at radius 1 is 0.882 bits per heavy atom. The zero-order chi connectivity index (χ0) is 24.6. The van der Waals surface area contributed by atoms with Gasteiger partial charge in [0.05, 0.1) is 11.4 Å². The largest absolute Gasteiger partial charge is 0.461 e. The van der Waals surface area contributed by atoms with Crippen molar-refractivity contribution < 1.29 is 19.1 Å². The molecule has 0 bridgehead atoms. The van der Waals surface area contributed by atoms with Gasteiger partial charge in [-0.3, -0.25) is 9.59 Å². The number of hydrogen-bond donors (Lipinski definition) is 1. The van der Waals surface area contributed by atoms with Gasteiger partial charge in [-0.15, -0.1) is 0 Å². The lowest BCUT2D eigenvalue weighted by Gasteiger charge is -2.19.